The Balaban J connectivity index is 1.66. The number of ether oxygens (including phenoxy) is 2. The zero-order chi connectivity index (χ0) is 20.2. The van der Waals surface area contributed by atoms with E-state index in [2.05, 4.69) is 39.8 Å². The number of aliphatic hydroxyl groups is 1. The van der Waals surface area contributed by atoms with Crippen LogP contribution in [0.3, 0.4) is 0 Å². The van der Waals surface area contributed by atoms with Crippen molar-refractivity contribution in [3.63, 3.8) is 0 Å². The van der Waals surface area contributed by atoms with Crippen molar-refractivity contribution in [1.82, 2.24) is 0 Å². The lowest BCUT2D eigenvalue weighted by atomic mass is 9.63. The van der Waals surface area contributed by atoms with E-state index >= 15 is 0 Å². The lowest BCUT2D eigenvalue weighted by molar-refractivity contribution is -0.317. The largest absolute Gasteiger partial charge is 0.339 e. The zero-order valence-electron chi connectivity index (χ0n) is 17.0. The Morgan fingerprint density at radius 1 is 0.821 bits per heavy atom. The maximum Gasteiger partial charge on any atom is 0.309 e. The van der Waals surface area contributed by atoms with E-state index in [0.717, 1.165) is 12.8 Å². The molecule has 4 nitrogen and oxygen atoms in total. The van der Waals surface area contributed by atoms with Gasteiger partial charge in [-0.3, -0.25) is 4.79 Å². The highest BCUT2D eigenvalue weighted by molar-refractivity contribution is 6.09. The van der Waals surface area contributed by atoms with Gasteiger partial charge in [0.2, 0.25) is 0 Å². The van der Waals surface area contributed by atoms with Crippen LogP contribution >= 0.6 is 0 Å². The summed E-state index contributed by atoms with van der Waals surface area (Å²) in [6.45, 7) is 9.76. The van der Waals surface area contributed by atoms with Crippen LogP contribution in [-0.2, 0) is 26.3 Å². The Bertz CT molecular complexity index is 903. The second kappa shape index (κ2) is 6.51. The van der Waals surface area contributed by atoms with Crippen LogP contribution in [0.5, 0.6) is 0 Å². The van der Waals surface area contributed by atoms with E-state index in [-0.39, 0.29) is 16.6 Å². The molecule has 1 saturated heterocycles. The number of benzene rings is 2. The van der Waals surface area contributed by atoms with Crippen molar-refractivity contribution < 1.29 is 19.4 Å². The highest BCUT2D eigenvalue weighted by Gasteiger charge is 2.38. The summed E-state index contributed by atoms with van der Waals surface area (Å²) in [5.41, 5.74) is 4.58. The van der Waals surface area contributed by atoms with Gasteiger partial charge in [0.15, 0.2) is 5.78 Å². The van der Waals surface area contributed by atoms with E-state index in [0.29, 0.717) is 29.9 Å². The number of hydrogen-bond acceptors (Lipinski definition) is 4. The molecule has 0 amide bonds. The predicted octanol–water partition coefficient (Wildman–Crippen LogP) is 4.42. The molecule has 0 atom stereocenters. The van der Waals surface area contributed by atoms with Crippen molar-refractivity contribution in [2.24, 2.45) is 0 Å². The monoisotopic (exact) mass is 380 g/mol. The molecule has 0 unspecified atom stereocenters. The summed E-state index contributed by atoms with van der Waals surface area (Å²) in [4.78, 5) is 13.1. The average Bonchev–Trinajstić information content (AvgIpc) is 3.13. The Hall–Kier alpha value is -2.01. The summed E-state index contributed by atoms with van der Waals surface area (Å²) in [6, 6.07) is 12.9. The van der Waals surface area contributed by atoms with Crippen molar-refractivity contribution in [2.45, 2.75) is 57.3 Å². The summed E-state index contributed by atoms with van der Waals surface area (Å²) in [7, 11) is 0. The molecule has 1 fully saturated rings. The molecule has 1 aliphatic carbocycles. The third-order valence-electron chi connectivity index (χ3n) is 6.31. The van der Waals surface area contributed by atoms with Crippen molar-refractivity contribution in [3.8, 4) is 0 Å². The number of carbonyl (C=O) groups excluding carboxylic acids is 1. The minimum atomic E-state index is -1.71. The summed E-state index contributed by atoms with van der Waals surface area (Å²) >= 11 is 0. The second-order valence-corrected chi connectivity index (χ2v) is 9.21. The van der Waals surface area contributed by atoms with Gasteiger partial charge in [-0.1, -0.05) is 64.1 Å². The van der Waals surface area contributed by atoms with Crippen molar-refractivity contribution in [3.05, 3.63) is 70.3 Å². The highest BCUT2D eigenvalue weighted by Crippen LogP contribution is 2.46. The zero-order valence-corrected chi connectivity index (χ0v) is 17.0. The van der Waals surface area contributed by atoms with Crippen LogP contribution in [0.4, 0.5) is 0 Å². The number of rotatable bonds is 3. The van der Waals surface area contributed by atoms with Gasteiger partial charge in [-0.2, -0.15) is 0 Å². The molecule has 0 aromatic heterocycles. The van der Waals surface area contributed by atoms with Crippen LogP contribution in [0.2, 0.25) is 0 Å². The molecular formula is C24H28O4. The van der Waals surface area contributed by atoms with Gasteiger partial charge in [0.05, 0.1) is 13.2 Å². The van der Waals surface area contributed by atoms with Crippen LogP contribution in [0.25, 0.3) is 0 Å². The van der Waals surface area contributed by atoms with Crippen LogP contribution < -0.4 is 0 Å². The van der Waals surface area contributed by atoms with Gasteiger partial charge >= 0.3 is 5.97 Å². The molecule has 4 heteroatoms. The molecule has 2 aromatic rings. The number of ketones is 1. The summed E-state index contributed by atoms with van der Waals surface area (Å²) in [6.07, 6.45) is 2.26. The lowest BCUT2D eigenvalue weighted by Crippen LogP contribution is -2.34. The lowest BCUT2D eigenvalue weighted by Gasteiger charge is -2.42. The molecule has 1 heterocycles. The first-order valence-corrected chi connectivity index (χ1v) is 9.93. The first-order chi connectivity index (χ1) is 13.1. The number of carbonyl (C=O) groups is 1. The van der Waals surface area contributed by atoms with Gasteiger partial charge in [0.1, 0.15) is 0 Å². The molecule has 0 bridgehead atoms. The van der Waals surface area contributed by atoms with E-state index < -0.39 is 5.97 Å². The quantitative estimate of drug-likeness (QED) is 0.801. The third-order valence-corrected chi connectivity index (χ3v) is 6.31. The molecule has 2 aromatic carbocycles. The molecule has 0 radical (unpaired) electrons. The normalized spacial score (nSPS) is 21.9. The molecule has 0 spiro atoms. The predicted molar refractivity (Wildman–Crippen MR) is 107 cm³/mol. The Morgan fingerprint density at radius 2 is 1.36 bits per heavy atom. The Labute approximate surface area is 166 Å². The van der Waals surface area contributed by atoms with E-state index in [9.17, 15) is 9.90 Å². The van der Waals surface area contributed by atoms with E-state index in [1.54, 1.807) is 24.3 Å². The third kappa shape index (κ3) is 3.20. The molecule has 148 valence electrons. The fraction of sp³-hybridized carbons (Fsp3) is 0.458. The van der Waals surface area contributed by atoms with Gasteiger partial charge in [-0.05, 0) is 40.9 Å². The minimum Gasteiger partial charge on any atom is -0.339 e. The molecular weight excluding hydrogens is 352 g/mol. The van der Waals surface area contributed by atoms with Crippen molar-refractivity contribution in [1.29, 1.82) is 0 Å². The smallest absolute Gasteiger partial charge is 0.309 e. The molecule has 1 N–H and O–H groups in total. The van der Waals surface area contributed by atoms with Crippen molar-refractivity contribution >= 4 is 5.78 Å². The topological polar surface area (TPSA) is 55.8 Å². The summed E-state index contributed by atoms with van der Waals surface area (Å²) in [5, 5.41) is 10.3. The molecule has 0 saturated carbocycles. The van der Waals surface area contributed by atoms with E-state index in [1.807, 2.05) is 6.07 Å². The van der Waals surface area contributed by atoms with E-state index in [1.165, 1.54) is 11.1 Å². The van der Waals surface area contributed by atoms with Crippen LogP contribution in [-0.4, -0.2) is 24.1 Å². The Kier molecular flexibility index (Phi) is 4.49. The van der Waals surface area contributed by atoms with Gasteiger partial charge < -0.3 is 14.6 Å². The maximum absolute atomic E-state index is 13.1. The SMILES string of the molecule is CC1(C)CCC(C)(C)c2cc(C(=O)c3ccc(C4(O)OCCO4)cc3)ccc21. The summed E-state index contributed by atoms with van der Waals surface area (Å²) < 4.78 is 10.5. The van der Waals surface area contributed by atoms with Gasteiger partial charge in [0.25, 0.3) is 0 Å². The Morgan fingerprint density at radius 3 is 1.96 bits per heavy atom. The van der Waals surface area contributed by atoms with E-state index in [4.69, 9.17) is 9.47 Å². The van der Waals surface area contributed by atoms with Gasteiger partial charge in [0, 0.05) is 16.7 Å². The van der Waals surface area contributed by atoms with Crippen LogP contribution in [0.15, 0.2) is 42.5 Å². The van der Waals surface area contributed by atoms with Crippen LogP contribution in [0.1, 0.15) is 73.1 Å². The average molecular weight is 380 g/mol. The van der Waals surface area contributed by atoms with Gasteiger partial charge in [-0.15, -0.1) is 0 Å². The standard InChI is InChI=1S/C24H28O4/c1-22(2)11-12-23(3,4)20-15-17(7-10-19(20)22)21(25)16-5-8-18(9-6-16)24(26)27-13-14-28-24/h5-10,15,26H,11-14H2,1-4H3. The molecule has 4 rings (SSSR count). The molecule has 28 heavy (non-hydrogen) atoms. The molecule has 2 aliphatic rings. The first-order valence-electron chi connectivity index (χ1n) is 9.93. The minimum absolute atomic E-state index is 0.0196. The second-order valence-electron chi connectivity index (χ2n) is 9.21. The number of fused-ring (bicyclic) bond motifs is 1. The fourth-order valence-electron chi connectivity index (χ4n) is 4.30. The van der Waals surface area contributed by atoms with Crippen molar-refractivity contribution in [2.75, 3.05) is 13.2 Å². The van der Waals surface area contributed by atoms with Crippen LogP contribution in [0, 0.1) is 0 Å². The highest BCUT2D eigenvalue weighted by atomic mass is 16.8. The number of hydrogen-bond donors (Lipinski definition) is 1. The fourth-order valence-corrected chi connectivity index (χ4v) is 4.30. The van der Waals surface area contributed by atoms with Gasteiger partial charge in [-0.25, -0.2) is 0 Å². The first kappa shape index (κ1) is 19.3. The molecule has 1 aliphatic heterocycles. The maximum atomic E-state index is 13.1. The summed E-state index contributed by atoms with van der Waals surface area (Å²) in [5.74, 6) is -1.73.